The third kappa shape index (κ3) is 3.00. The number of nitrogens with one attached hydrogen (secondary N) is 1. The second-order valence-corrected chi connectivity index (χ2v) is 5.78. The average Bonchev–Trinajstić information content (AvgIpc) is 2.68. The minimum Gasteiger partial charge on any atom is -0.271 e. The lowest BCUT2D eigenvalue weighted by molar-refractivity contribution is 0.461. The molecule has 2 aromatic rings. The fourth-order valence-corrected chi connectivity index (χ4v) is 2.84. The molecule has 1 unspecified atom stereocenters. The van der Waals surface area contributed by atoms with Crippen LogP contribution in [0.5, 0.6) is 0 Å². The molecule has 0 amide bonds. The molecule has 1 aromatic heterocycles. The molecule has 0 aliphatic carbocycles. The summed E-state index contributed by atoms with van der Waals surface area (Å²) in [6.07, 6.45) is 0.311. The smallest absolute Gasteiger partial charge is 0.133 e. The lowest BCUT2D eigenvalue weighted by Gasteiger charge is -2.19. The highest BCUT2D eigenvalue weighted by Gasteiger charge is 2.24. The number of aromatic nitrogens is 2. The number of rotatable bonds is 4. The highest BCUT2D eigenvalue weighted by molar-refractivity contribution is 9.10. The van der Waals surface area contributed by atoms with Crippen molar-refractivity contribution in [3.8, 4) is 0 Å². The minimum absolute atomic E-state index is 0.0525. The lowest BCUT2D eigenvalue weighted by Crippen LogP contribution is -2.32. The Bertz CT molecular complexity index is 669. The summed E-state index contributed by atoms with van der Waals surface area (Å²) in [7, 11) is 1.78. The first-order valence-corrected chi connectivity index (χ1v) is 7.24. The molecule has 0 saturated carbocycles. The number of aryl methyl sites for hydroxylation is 3. The van der Waals surface area contributed by atoms with Crippen LogP contribution in [0, 0.1) is 25.5 Å². The predicted octanol–water partition coefficient (Wildman–Crippen LogP) is 2.82. The second kappa shape index (κ2) is 6.21. The van der Waals surface area contributed by atoms with Crippen LogP contribution in [0.2, 0.25) is 0 Å². The maximum absolute atomic E-state index is 14.2. The van der Waals surface area contributed by atoms with Gasteiger partial charge in [0, 0.05) is 19.0 Å². The van der Waals surface area contributed by atoms with E-state index in [1.54, 1.807) is 18.7 Å². The van der Waals surface area contributed by atoms with Gasteiger partial charge in [-0.15, -0.1) is 0 Å². The van der Waals surface area contributed by atoms with Crippen molar-refractivity contribution < 1.29 is 8.78 Å². The molecule has 21 heavy (non-hydrogen) atoms. The minimum atomic E-state index is -0.684. The molecule has 2 rings (SSSR count). The Hall–Kier alpha value is -1.31. The van der Waals surface area contributed by atoms with Crippen LogP contribution >= 0.6 is 15.9 Å². The number of hydrazine groups is 1. The van der Waals surface area contributed by atoms with E-state index in [1.165, 1.54) is 12.1 Å². The Balaban J connectivity index is 2.44. The van der Waals surface area contributed by atoms with Crippen LogP contribution in [0.4, 0.5) is 8.78 Å². The molecule has 0 aliphatic rings. The van der Waals surface area contributed by atoms with E-state index in [1.807, 2.05) is 6.92 Å². The zero-order valence-electron chi connectivity index (χ0n) is 12.0. The molecule has 1 aromatic carbocycles. The van der Waals surface area contributed by atoms with Gasteiger partial charge in [-0.2, -0.15) is 5.10 Å². The van der Waals surface area contributed by atoms with Gasteiger partial charge in [0.25, 0.3) is 0 Å². The first kappa shape index (κ1) is 16.1. The van der Waals surface area contributed by atoms with Crippen molar-refractivity contribution >= 4 is 15.9 Å². The van der Waals surface area contributed by atoms with Crippen molar-refractivity contribution in [2.45, 2.75) is 26.3 Å². The quantitative estimate of drug-likeness (QED) is 0.652. The second-order valence-electron chi connectivity index (χ2n) is 4.99. The zero-order chi connectivity index (χ0) is 15.7. The van der Waals surface area contributed by atoms with Crippen molar-refractivity contribution in [2.75, 3.05) is 0 Å². The number of nitrogens with zero attached hydrogens (tertiary/aromatic N) is 2. The number of nitrogens with two attached hydrogens (primary N) is 1. The normalized spacial score (nSPS) is 12.7. The molecule has 0 fully saturated rings. The summed E-state index contributed by atoms with van der Waals surface area (Å²) < 4.78 is 30.7. The maximum atomic E-state index is 14.2. The molecule has 0 radical (unpaired) electrons. The van der Waals surface area contributed by atoms with Gasteiger partial charge < -0.3 is 0 Å². The summed E-state index contributed by atoms with van der Waals surface area (Å²) in [5, 5.41) is 4.27. The third-order valence-electron chi connectivity index (χ3n) is 3.53. The van der Waals surface area contributed by atoms with Crippen molar-refractivity contribution in [2.24, 2.45) is 12.9 Å². The maximum Gasteiger partial charge on any atom is 0.133 e. The van der Waals surface area contributed by atoms with Gasteiger partial charge in [-0.1, -0.05) is 6.07 Å². The standard InChI is InChI=1S/C14H17BrF2N4/c1-7-4-5-9(16)12(14(7)17)10(19-18)6-11-13(15)8(2)20-21(11)3/h4-5,10,19H,6,18H2,1-3H3. The van der Waals surface area contributed by atoms with E-state index < -0.39 is 17.7 Å². The molecule has 114 valence electrons. The van der Waals surface area contributed by atoms with Gasteiger partial charge in [-0.05, 0) is 41.4 Å². The van der Waals surface area contributed by atoms with Crippen molar-refractivity contribution in [1.29, 1.82) is 0 Å². The number of halogens is 3. The summed E-state index contributed by atoms with van der Waals surface area (Å²) in [5.74, 6) is 4.33. The van der Waals surface area contributed by atoms with E-state index in [0.29, 0.717) is 12.0 Å². The van der Waals surface area contributed by atoms with Gasteiger partial charge >= 0.3 is 0 Å². The molecule has 3 N–H and O–H groups in total. The van der Waals surface area contributed by atoms with E-state index in [4.69, 9.17) is 5.84 Å². The van der Waals surface area contributed by atoms with E-state index in [0.717, 1.165) is 15.9 Å². The Morgan fingerprint density at radius 2 is 2.05 bits per heavy atom. The zero-order valence-corrected chi connectivity index (χ0v) is 13.6. The number of hydrogen-bond acceptors (Lipinski definition) is 3. The van der Waals surface area contributed by atoms with Crippen LogP contribution in [0.3, 0.4) is 0 Å². The van der Waals surface area contributed by atoms with Crippen LogP contribution in [-0.2, 0) is 13.5 Å². The third-order valence-corrected chi connectivity index (χ3v) is 4.56. The van der Waals surface area contributed by atoms with E-state index in [-0.39, 0.29) is 5.56 Å². The SMILES string of the molecule is Cc1ccc(F)c(C(Cc2c(Br)c(C)nn2C)NN)c1F. The molecule has 1 heterocycles. The predicted molar refractivity (Wildman–Crippen MR) is 80.5 cm³/mol. The molecule has 4 nitrogen and oxygen atoms in total. The molecular weight excluding hydrogens is 342 g/mol. The monoisotopic (exact) mass is 358 g/mol. The Kier molecular flexibility index (Phi) is 4.75. The van der Waals surface area contributed by atoms with Crippen LogP contribution in [0.15, 0.2) is 16.6 Å². The Morgan fingerprint density at radius 3 is 2.57 bits per heavy atom. The molecule has 1 atom stereocenters. The number of hydrogen-bond donors (Lipinski definition) is 2. The topological polar surface area (TPSA) is 55.9 Å². The molecule has 0 spiro atoms. The van der Waals surface area contributed by atoms with Gasteiger partial charge in [0.05, 0.1) is 21.9 Å². The van der Waals surface area contributed by atoms with Crippen LogP contribution in [0.1, 0.15) is 28.6 Å². The van der Waals surface area contributed by atoms with Crippen LogP contribution < -0.4 is 11.3 Å². The fraction of sp³-hybridized carbons (Fsp3) is 0.357. The molecule has 0 aliphatic heterocycles. The van der Waals surface area contributed by atoms with E-state index in [2.05, 4.69) is 26.5 Å². The van der Waals surface area contributed by atoms with E-state index in [9.17, 15) is 8.78 Å². The lowest BCUT2D eigenvalue weighted by atomic mass is 9.99. The first-order valence-electron chi connectivity index (χ1n) is 6.45. The van der Waals surface area contributed by atoms with Gasteiger partial charge in [0.15, 0.2) is 0 Å². The van der Waals surface area contributed by atoms with Crippen molar-refractivity contribution in [3.05, 3.63) is 50.8 Å². The fourth-order valence-electron chi connectivity index (χ4n) is 2.34. The van der Waals surface area contributed by atoms with Gasteiger partial charge in [-0.3, -0.25) is 16.0 Å². The highest BCUT2D eigenvalue weighted by Crippen LogP contribution is 2.29. The molecular formula is C14H17BrF2N4. The van der Waals surface area contributed by atoms with Crippen molar-refractivity contribution in [1.82, 2.24) is 15.2 Å². The van der Waals surface area contributed by atoms with Crippen LogP contribution in [-0.4, -0.2) is 9.78 Å². The summed E-state index contributed by atoms with van der Waals surface area (Å²) in [6, 6.07) is 1.98. The molecule has 0 saturated heterocycles. The summed E-state index contributed by atoms with van der Waals surface area (Å²) in [4.78, 5) is 0. The highest BCUT2D eigenvalue weighted by atomic mass is 79.9. The van der Waals surface area contributed by atoms with Crippen molar-refractivity contribution in [3.63, 3.8) is 0 Å². The number of benzene rings is 1. The summed E-state index contributed by atoms with van der Waals surface area (Å²) in [5.41, 5.74) is 4.46. The largest absolute Gasteiger partial charge is 0.271 e. The Morgan fingerprint density at radius 1 is 1.38 bits per heavy atom. The summed E-state index contributed by atoms with van der Waals surface area (Å²) in [6.45, 7) is 3.45. The summed E-state index contributed by atoms with van der Waals surface area (Å²) >= 11 is 3.44. The van der Waals surface area contributed by atoms with Gasteiger partial charge in [0.2, 0.25) is 0 Å². The first-order chi connectivity index (χ1) is 9.86. The van der Waals surface area contributed by atoms with Gasteiger partial charge in [0.1, 0.15) is 11.6 Å². The average molecular weight is 359 g/mol. The molecule has 7 heteroatoms. The van der Waals surface area contributed by atoms with Crippen LogP contribution in [0.25, 0.3) is 0 Å². The molecule has 0 bridgehead atoms. The van der Waals surface area contributed by atoms with Gasteiger partial charge in [-0.25, -0.2) is 8.78 Å². The Labute approximate surface area is 130 Å². The van der Waals surface area contributed by atoms with E-state index >= 15 is 0 Å².